The van der Waals surface area contributed by atoms with Crippen LogP contribution < -0.4 is 5.73 Å². The van der Waals surface area contributed by atoms with Gasteiger partial charge < -0.3 is 10.5 Å². The van der Waals surface area contributed by atoms with Crippen LogP contribution in [0.2, 0.25) is 0 Å². The number of hydrogen-bond donors (Lipinski definition) is 1. The number of thioether (sulfide) groups is 1. The predicted octanol–water partition coefficient (Wildman–Crippen LogP) is 2.51. The number of halogens is 1. The highest BCUT2D eigenvalue weighted by atomic mass is 32.2. The number of aliphatic imine (C=N–C) groups is 1. The molecule has 19 heavy (non-hydrogen) atoms. The van der Waals surface area contributed by atoms with E-state index in [1.807, 2.05) is 12.1 Å². The molecule has 2 aliphatic rings. The van der Waals surface area contributed by atoms with E-state index in [-0.39, 0.29) is 17.8 Å². The quantitative estimate of drug-likeness (QED) is 0.905. The topological polar surface area (TPSA) is 47.6 Å². The second-order valence-corrected chi connectivity index (χ2v) is 6.12. The molecule has 0 bridgehead atoms. The molecule has 102 valence electrons. The normalized spacial score (nSPS) is 33.9. The zero-order chi connectivity index (χ0) is 13.5. The van der Waals surface area contributed by atoms with Crippen LogP contribution in [0.25, 0.3) is 0 Å². The number of rotatable bonds is 2. The Bertz CT molecular complexity index is 522. The maximum atomic E-state index is 14.2. The van der Waals surface area contributed by atoms with Crippen LogP contribution in [-0.4, -0.2) is 24.1 Å². The van der Waals surface area contributed by atoms with E-state index in [9.17, 15) is 4.39 Å². The molecule has 0 aromatic heterocycles. The Morgan fingerprint density at radius 2 is 2.26 bits per heavy atom. The summed E-state index contributed by atoms with van der Waals surface area (Å²) in [6.45, 7) is 0. The number of benzene rings is 1. The number of nitrogens with two attached hydrogens (primary N) is 1. The minimum absolute atomic E-state index is 0.129. The lowest BCUT2D eigenvalue weighted by Crippen LogP contribution is -2.41. The summed E-state index contributed by atoms with van der Waals surface area (Å²) in [7, 11) is 1.72. The first-order valence-electron chi connectivity index (χ1n) is 6.43. The van der Waals surface area contributed by atoms with Gasteiger partial charge in [0.25, 0.3) is 0 Å². The fourth-order valence-corrected chi connectivity index (χ4v) is 4.40. The van der Waals surface area contributed by atoms with Crippen LogP contribution in [0.15, 0.2) is 29.3 Å². The molecule has 1 aromatic rings. The van der Waals surface area contributed by atoms with Crippen molar-refractivity contribution in [1.82, 2.24) is 0 Å². The largest absolute Gasteiger partial charge is 0.381 e. The highest BCUT2D eigenvalue weighted by Crippen LogP contribution is 2.52. The molecule has 3 atom stereocenters. The average molecular weight is 280 g/mol. The fraction of sp³-hybridized carbons (Fsp3) is 0.500. The minimum atomic E-state index is -0.540. The van der Waals surface area contributed by atoms with Crippen LogP contribution in [-0.2, 0) is 10.3 Å². The number of fused-ring (bicyclic) bond motifs is 1. The number of nitrogens with zero attached hydrogens (tertiary/aromatic N) is 1. The second-order valence-electron chi connectivity index (χ2n) is 5.08. The van der Waals surface area contributed by atoms with Gasteiger partial charge in [0.05, 0.1) is 11.6 Å². The van der Waals surface area contributed by atoms with Gasteiger partial charge in [0.2, 0.25) is 0 Å². The number of hydrogen-bond acceptors (Lipinski definition) is 4. The number of amidine groups is 1. The molecule has 1 aliphatic heterocycles. The molecule has 1 saturated carbocycles. The molecule has 0 amide bonds. The molecule has 3 nitrogen and oxygen atoms in total. The average Bonchev–Trinajstić information content (AvgIpc) is 2.77. The van der Waals surface area contributed by atoms with Crippen molar-refractivity contribution in [3.05, 3.63) is 35.6 Å². The van der Waals surface area contributed by atoms with Crippen molar-refractivity contribution in [2.24, 2.45) is 16.6 Å². The maximum Gasteiger partial charge on any atom is 0.154 e. The molecular formula is C14H17FN2OS. The Labute approximate surface area is 116 Å². The Morgan fingerprint density at radius 3 is 3.00 bits per heavy atom. The first kappa shape index (κ1) is 12.9. The van der Waals surface area contributed by atoms with E-state index in [1.54, 1.807) is 13.2 Å². The van der Waals surface area contributed by atoms with Gasteiger partial charge in [-0.05, 0) is 18.9 Å². The van der Waals surface area contributed by atoms with Crippen LogP contribution in [0.5, 0.6) is 0 Å². The molecular weight excluding hydrogens is 263 g/mol. The van der Waals surface area contributed by atoms with Crippen LogP contribution >= 0.6 is 11.8 Å². The van der Waals surface area contributed by atoms with E-state index in [0.29, 0.717) is 10.7 Å². The van der Waals surface area contributed by atoms with Crippen LogP contribution in [0.1, 0.15) is 18.4 Å². The maximum absolute atomic E-state index is 14.2. The van der Waals surface area contributed by atoms with Crippen molar-refractivity contribution in [1.29, 1.82) is 0 Å². The highest BCUT2D eigenvalue weighted by molar-refractivity contribution is 8.13. The lowest BCUT2D eigenvalue weighted by atomic mass is 9.81. The number of ether oxygens (including phenoxy) is 1. The Hall–Kier alpha value is -1.07. The lowest BCUT2D eigenvalue weighted by Gasteiger charge is -2.37. The van der Waals surface area contributed by atoms with Crippen molar-refractivity contribution in [3.8, 4) is 0 Å². The second kappa shape index (κ2) is 4.80. The van der Waals surface area contributed by atoms with Crippen molar-refractivity contribution in [2.75, 3.05) is 12.9 Å². The van der Waals surface area contributed by atoms with E-state index < -0.39 is 5.54 Å². The Balaban J connectivity index is 2.13. The van der Waals surface area contributed by atoms with Gasteiger partial charge in [0, 0.05) is 24.3 Å². The summed E-state index contributed by atoms with van der Waals surface area (Å²) >= 11 is 1.54. The summed E-state index contributed by atoms with van der Waals surface area (Å²) in [5.41, 5.74) is 6.01. The van der Waals surface area contributed by atoms with Crippen molar-refractivity contribution >= 4 is 16.9 Å². The van der Waals surface area contributed by atoms with Gasteiger partial charge >= 0.3 is 0 Å². The molecule has 3 rings (SSSR count). The third-order valence-corrected chi connectivity index (χ3v) is 5.15. The highest BCUT2D eigenvalue weighted by Gasteiger charge is 2.52. The van der Waals surface area contributed by atoms with Gasteiger partial charge in [-0.3, -0.25) is 4.99 Å². The molecule has 2 N–H and O–H groups in total. The third-order valence-electron chi connectivity index (χ3n) is 4.24. The first-order chi connectivity index (χ1) is 9.17. The number of methoxy groups -OCH3 is 1. The van der Waals surface area contributed by atoms with Crippen molar-refractivity contribution in [3.63, 3.8) is 0 Å². The summed E-state index contributed by atoms with van der Waals surface area (Å²) < 4.78 is 19.8. The summed E-state index contributed by atoms with van der Waals surface area (Å²) in [5.74, 6) is 0.821. The first-order valence-corrected chi connectivity index (χ1v) is 7.42. The summed E-state index contributed by atoms with van der Waals surface area (Å²) in [6.07, 6.45) is 1.81. The zero-order valence-electron chi connectivity index (χ0n) is 10.8. The molecule has 0 saturated heterocycles. The van der Waals surface area contributed by atoms with Crippen LogP contribution in [0.4, 0.5) is 4.39 Å². The SMILES string of the molecule is COC1CC[C@]2(c3ccccc3F)N=C(N)SC[C@H]12. The lowest BCUT2D eigenvalue weighted by molar-refractivity contribution is 0.0645. The predicted molar refractivity (Wildman–Crippen MR) is 75.7 cm³/mol. The molecule has 5 heteroatoms. The van der Waals surface area contributed by atoms with E-state index in [4.69, 9.17) is 10.5 Å². The molecule has 1 aromatic carbocycles. The summed E-state index contributed by atoms with van der Waals surface area (Å²) in [6, 6.07) is 6.89. The molecule has 0 radical (unpaired) electrons. The van der Waals surface area contributed by atoms with E-state index >= 15 is 0 Å². The molecule has 1 heterocycles. The van der Waals surface area contributed by atoms with Crippen molar-refractivity contribution < 1.29 is 9.13 Å². The standard InChI is InChI=1S/C14H17FN2OS/c1-18-12-6-7-14(9-4-2-3-5-11(9)15)10(12)8-19-13(16)17-14/h2-5,10,12H,6-8H2,1H3,(H2,16,17)/t10-,12?,14-/m1/s1. The van der Waals surface area contributed by atoms with E-state index in [0.717, 1.165) is 18.6 Å². The monoisotopic (exact) mass is 280 g/mol. The summed E-state index contributed by atoms with van der Waals surface area (Å²) in [4.78, 5) is 4.64. The van der Waals surface area contributed by atoms with Gasteiger partial charge in [-0.1, -0.05) is 30.0 Å². The van der Waals surface area contributed by atoms with E-state index in [1.165, 1.54) is 17.8 Å². The van der Waals surface area contributed by atoms with Gasteiger partial charge in [-0.15, -0.1) is 0 Å². The molecule has 1 aliphatic carbocycles. The molecule has 0 spiro atoms. The third kappa shape index (κ3) is 1.96. The Morgan fingerprint density at radius 1 is 1.47 bits per heavy atom. The van der Waals surface area contributed by atoms with Crippen LogP contribution in [0.3, 0.4) is 0 Å². The zero-order valence-corrected chi connectivity index (χ0v) is 11.6. The van der Waals surface area contributed by atoms with Gasteiger partial charge in [-0.2, -0.15) is 0 Å². The van der Waals surface area contributed by atoms with E-state index in [2.05, 4.69) is 4.99 Å². The molecule has 1 fully saturated rings. The van der Waals surface area contributed by atoms with Crippen LogP contribution in [0, 0.1) is 11.7 Å². The summed E-state index contributed by atoms with van der Waals surface area (Å²) in [5, 5.41) is 0.552. The smallest absolute Gasteiger partial charge is 0.154 e. The van der Waals surface area contributed by atoms with Gasteiger partial charge in [0.1, 0.15) is 5.82 Å². The van der Waals surface area contributed by atoms with Crippen molar-refractivity contribution in [2.45, 2.75) is 24.5 Å². The Kier molecular flexibility index (Phi) is 3.27. The van der Waals surface area contributed by atoms with Gasteiger partial charge in [-0.25, -0.2) is 4.39 Å². The molecule has 1 unspecified atom stereocenters. The fourth-order valence-electron chi connectivity index (χ4n) is 3.33. The van der Waals surface area contributed by atoms with Gasteiger partial charge in [0.15, 0.2) is 5.17 Å². The minimum Gasteiger partial charge on any atom is -0.381 e.